The molecule has 0 bridgehead atoms. The summed E-state index contributed by atoms with van der Waals surface area (Å²) in [6.07, 6.45) is 1.19. The highest BCUT2D eigenvalue weighted by Crippen LogP contribution is 2.34. The van der Waals surface area contributed by atoms with Crippen molar-refractivity contribution in [1.82, 2.24) is 10.2 Å². The first-order valence-electron chi connectivity index (χ1n) is 8.44. The molecule has 1 N–H and O–H groups in total. The van der Waals surface area contributed by atoms with Crippen LogP contribution >= 0.6 is 0 Å². The largest absolute Gasteiger partial charge is 0.493 e. The van der Waals surface area contributed by atoms with Gasteiger partial charge in [0.05, 0.1) is 7.11 Å². The molecule has 1 aromatic rings. The Kier molecular flexibility index (Phi) is 6.52. The van der Waals surface area contributed by atoms with Gasteiger partial charge in [0.2, 0.25) is 0 Å². The zero-order valence-electron chi connectivity index (χ0n) is 14.4. The van der Waals surface area contributed by atoms with Crippen LogP contribution in [0.25, 0.3) is 0 Å². The summed E-state index contributed by atoms with van der Waals surface area (Å²) in [6, 6.07) is 6.75. The lowest BCUT2D eigenvalue weighted by atomic mass is 10.0. The molecule has 22 heavy (non-hydrogen) atoms. The molecule has 2 unspecified atom stereocenters. The molecule has 0 spiro atoms. The molecule has 1 saturated heterocycles. The predicted octanol–water partition coefficient (Wildman–Crippen LogP) is 3.09. The molecule has 4 nitrogen and oxygen atoms in total. The molecule has 2 atom stereocenters. The van der Waals surface area contributed by atoms with Gasteiger partial charge in [0, 0.05) is 12.6 Å². The fourth-order valence-corrected chi connectivity index (χ4v) is 3.01. The second kappa shape index (κ2) is 8.39. The fourth-order valence-electron chi connectivity index (χ4n) is 3.01. The first-order valence-corrected chi connectivity index (χ1v) is 8.44. The van der Waals surface area contributed by atoms with Crippen molar-refractivity contribution >= 4 is 0 Å². The van der Waals surface area contributed by atoms with Crippen molar-refractivity contribution in [3.8, 4) is 11.5 Å². The number of rotatable bonds is 8. The third kappa shape index (κ3) is 4.37. The zero-order chi connectivity index (χ0) is 15.9. The summed E-state index contributed by atoms with van der Waals surface area (Å²) < 4.78 is 11.4. The second-order valence-electron chi connectivity index (χ2n) is 6.09. The Hall–Kier alpha value is -1.26. The maximum absolute atomic E-state index is 5.91. The first-order chi connectivity index (χ1) is 10.7. The van der Waals surface area contributed by atoms with Crippen molar-refractivity contribution in [2.75, 3.05) is 39.9 Å². The molecule has 1 fully saturated rings. The number of ether oxygens (including phenoxy) is 2. The molecule has 0 radical (unpaired) electrons. The first kappa shape index (κ1) is 17.1. The molecule has 0 aliphatic carbocycles. The molecule has 0 amide bonds. The Labute approximate surface area is 134 Å². The van der Waals surface area contributed by atoms with Crippen molar-refractivity contribution in [3.63, 3.8) is 0 Å². The normalized spacial score (nSPS) is 21.3. The van der Waals surface area contributed by atoms with E-state index in [9.17, 15) is 0 Å². The van der Waals surface area contributed by atoms with E-state index < -0.39 is 0 Å². The van der Waals surface area contributed by atoms with Gasteiger partial charge < -0.3 is 19.7 Å². The SMILES string of the molecule is CCN(CC)CCOc1ccc(C2CC(C)CN2)cc1OC. The Morgan fingerprint density at radius 3 is 2.59 bits per heavy atom. The van der Waals surface area contributed by atoms with E-state index in [4.69, 9.17) is 9.47 Å². The fraction of sp³-hybridized carbons (Fsp3) is 0.667. The third-order valence-corrected chi connectivity index (χ3v) is 4.50. The molecule has 1 heterocycles. The summed E-state index contributed by atoms with van der Waals surface area (Å²) in [5.74, 6) is 2.41. The number of nitrogens with one attached hydrogen (secondary N) is 1. The summed E-state index contributed by atoms with van der Waals surface area (Å²) in [5.41, 5.74) is 1.29. The minimum Gasteiger partial charge on any atom is -0.493 e. The Morgan fingerprint density at radius 1 is 1.23 bits per heavy atom. The van der Waals surface area contributed by atoms with Crippen LogP contribution in [0.1, 0.15) is 38.8 Å². The number of methoxy groups -OCH3 is 1. The van der Waals surface area contributed by atoms with Crippen LogP contribution in [-0.4, -0.2) is 44.8 Å². The lowest BCUT2D eigenvalue weighted by Crippen LogP contribution is -2.27. The van der Waals surface area contributed by atoms with E-state index in [1.165, 1.54) is 12.0 Å². The van der Waals surface area contributed by atoms with E-state index in [0.29, 0.717) is 12.6 Å². The molecular weight excluding hydrogens is 276 g/mol. The summed E-state index contributed by atoms with van der Waals surface area (Å²) in [5, 5.41) is 3.56. The minimum atomic E-state index is 0.439. The zero-order valence-corrected chi connectivity index (χ0v) is 14.4. The van der Waals surface area contributed by atoms with Crippen LogP contribution < -0.4 is 14.8 Å². The number of hydrogen-bond acceptors (Lipinski definition) is 4. The van der Waals surface area contributed by atoms with Gasteiger partial charge in [-0.05, 0) is 49.7 Å². The van der Waals surface area contributed by atoms with Crippen molar-refractivity contribution in [2.45, 2.75) is 33.2 Å². The lowest BCUT2D eigenvalue weighted by molar-refractivity contribution is 0.217. The highest BCUT2D eigenvalue weighted by molar-refractivity contribution is 5.44. The number of benzene rings is 1. The number of likely N-dealkylation sites (N-methyl/N-ethyl adjacent to an activating group) is 1. The van der Waals surface area contributed by atoms with Crippen molar-refractivity contribution < 1.29 is 9.47 Å². The van der Waals surface area contributed by atoms with Gasteiger partial charge in [0.1, 0.15) is 6.61 Å². The molecular formula is C18H30N2O2. The molecule has 1 aliphatic heterocycles. The lowest BCUT2D eigenvalue weighted by Gasteiger charge is -2.19. The van der Waals surface area contributed by atoms with Crippen molar-refractivity contribution in [2.24, 2.45) is 5.92 Å². The van der Waals surface area contributed by atoms with Crippen LogP contribution in [-0.2, 0) is 0 Å². The highest BCUT2D eigenvalue weighted by atomic mass is 16.5. The van der Waals surface area contributed by atoms with Crippen LogP contribution in [0, 0.1) is 5.92 Å². The van der Waals surface area contributed by atoms with E-state index in [-0.39, 0.29) is 0 Å². The molecule has 0 saturated carbocycles. The van der Waals surface area contributed by atoms with Gasteiger partial charge in [-0.25, -0.2) is 0 Å². The average molecular weight is 306 g/mol. The topological polar surface area (TPSA) is 33.7 Å². The van der Waals surface area contributed by atoms with Crippen LogP contribution in [0.3, 0.4) is 0 Å². The Morgan fingerprint density at radius 2 is 2.00 bits per heavy atom. The van der Waals surface area contributed by atoms with E-state index in [1.54, 1.807) is 7.11 Å². The van der Waals surface area contributed by atoms with Gasteiger partial charge in [-0.3, -0.25) is 0 Å². The molecule has 4 heteroatoms. The van der Waals surface area contributed by atoms with E-state index >= 15 is 0 Å². The molecule has 0 aromatic heterocycles. The van der Waals surface area contributed by atoms with Gasteiger partial charge in [-0.2, -0.15) is 0 Å². The molecule has 2 rings (SSSR count). The molecule has 1 aliphatic rings. The summed E-state index contributed by atoms with van der Waals surface area (Å²) in [7, 11) is 1.71. The molecule has 1 aromatic carbocycles. The van der Waals surface area contributed by atoms with Crippen LogP contribution in [0.2, 0.25) is 0 Å². The van der Waals surface area contributed by atoms with Gasteiger partial charge in [0.25, 0.3) is 0 Å². The summed E-state index contributed by atoms with van der Waals surface area (Å²) in [4.78, 5) is 2.35. The van der Waals surface area contributed by atoms with Gasteiger partial charge in [-0.1, -0.05) is 26.8 Å². The smallest absolute Gasteiger partial charge is 0.161 e. The number of hydrogen-bond donors (Lipinski definition) is 1. The van der Waals surface area contributed by atoms with E-state index in [1.807, 2.05) is 6.07 Å². The van der Waals surface area contributed by atoms with Crippen LogP contribution in [0.4, 0.5) is 0 Å². The van der Waals surface area contributed by atoms with Gasteiger partial charge in [-0.15, -0.1) is 0 Å². The van der Waals surface area contributed by atoms with Gasteiger partial charge >= 0.3 is 0 Å². The van der Waals surface area contributed by atoms with Crippen molar-refractivity contribution in [3.05, 3.63) is 23.8 Å². The second-order valence-corrected chi connectivity index (χ2v) is 6.09. The quantitative estimate of drug-likeness (QED) is 0.800. The van der Waals surface area contributed by atoms with Crippen LogP contribution in [0.15, 0.2) is 18.2 Å². The minimum absolute atomic E-state index is 0.439. The van der Waals surface area contributed by atoms with Crippen LogP contribution in [0.5, 0.6) is 11.5 Å². The Bertz CT molecular complexity index is 460. The maximum atomic E-state index is 5.91. The maximum Gasteiger partial charge on any atom is 0.161 e. The average Bonchev–Trinajstić information content (AvgIpc) is 2.98. The summed E-state index contributed by atoms with van der Waals surface area (Å²) in [6.45, 7) is 11.5. The monoisotopic (exact) mass is 306 g/mol. The molecule has 124 valence electrons. The van der Waals surface area contributed by atoms with Gasteiger partial charge in [0.15, 0.2) is 11.5 Å². The van der Waals surface area contributed by atoms with E-state index in [2.05, 4.69) is 43.1 Å². The standard InChI is InChI=1S/C18H30N2O2/c1-5-20(6-2)9-10-22-17-8-7-15(12-18(17)21-4)16-11-14(3)13-19-16/h7-8,12,14,16,19H,5-6,9-11,13H2,1-4H3. The third-order valence-electron chi connectivity index (χ3n) is 4.50. The number of nitrogens with zero attached hydrogens (tertiary/aromatic N) is 1. The van der Waals surface area contributed by atoms with E-state index in [0.717, 1.165) is 43.6 Å². The highest BCUT2D eigenvalue weighted by Gasteiger charge is 2.22. The summed E-state index contributed by atoms with van der Waals surface area (Å²) >= 11 is 0. The Balaban J connectivity index is 1.97. The predicted molar refractivity (Wildman–Crippen MR) is 90.8 cm³/mol. The van der Waals surface area contributed by atoms with Crippen molar-refractivity contribution in [1.29, 1.82) is 0 Å².